The zero-order valence-electron chi connectivity index (χ0n) is 44.2. The van der Waals surface area contributed by atoms with E-state index in [0.29, 0.717) is 0 Å². The average molecular weight is 921 g/mol. The number of rotatable bonds is 32. The normalized spacial score (nSPS) is 12.2. The maximum atomic E-state index is 2.58. The van der Waals surface area contributed by atoms with E-state index >= 15 is 0 Å². The maximum Gasteiger partial charge on any atom is 0.212 e. The topological polar surface area (TPSA) is 19.0 Å². The number of hydrogen-bond donors (Lipinski definition) is 0. The summed E-state index contributed by atoms with van der Waals surface area (Å²) < 4.78 is 5.03. The molecule has 0 aliphatic heterocycles. The van der Waals surface area contributed by atoms with Gasteiger partial charge in [0, 0.05) is 135 Å². The summed E-state index contributed by atoms with van der Waals surface area (Å²) in [5.41, 5.74) is 12.2. The van der Waals surface area contributed by atoms with Crippen molar-refractivity contribution in [2.45, 2.75) is 158 Å². The van der Waals surface area contributed by atoms with Gasteiger partial charge in [-0.15, -0.1) is 0 Å². The number of unbranched alkanes of at least 4 members (excludes halogenated alkanes) is 8. The van der Waals surface area contributed by atoms with Crippen LogP contribution in [0.25, 0.3) is 0 Å². The van der Waals surface area contributed by atoms with Gasteiger partial charge in [0.05, 0.1) is 0 Å². The summed E-state index contributed by atoms with van der Waals surface area (Å²) in [4.78, 5) is 10.2. The first-order valence-corrected chi connectivity index (χ1v) is 27.5. The minimum Gasteiger partial charge on any atom is -0.372 e. The van der Waals surface area contributed by atoms with E-state index in [0.717, 1.165) is 63.7 Å². The first-order chi connectivity index (χ1) is 33.4. The molecule has 4 aromatic carbocycles. The van der Waals surface area contributed by atoms with Crippen LogP contribution in [0.3, 0.4) is 0 Å². The van der Waals surface area contributed by atoms with Crippen molar-refractivity contribution in [1.29, 1.82) is 0 Å². The summed E-state index contributed by atoms with van der Waals surface area (Å²) in [7, 11) is 0. The molecular weight excluding hydrogens is 829 g/mol. The van der Waals surface area contributed by atoms with Gasteiger partial charge in [0.15, 0.2) is 5.71 Å². The Kier molecular flexibility index (Phi) is 24.1. The maximum absolute atomic E-state index is 2.58. The zero-order chi connectivity index (χ0) is 48.4. The molecule has 0 bridgehead atoms. The minimum atomic E-state index is 1.10. The van der Waals surface area contributed by atoms with E-state index < -0.39 is 0 Å². The monoisotopic (exact) mass is 921 g/mol. The number of allylic oxidation sites excluding steroid dienone is 4. The molecule has 0 saturated carbocycles. The summed E-state index contributed by atoms with van der Waals surface area (Å²) in [6, 6.07) is 37.4. The number of anilines is 6. The van der Waals surface area contributed by atoms with Crippen molar-refractivity contribution in [3.05, 3.63) is 121 Å². The van der Waals surface area contributed by atoms with Gasteiger partial charge < -0.3 is 19.6 Å². The third kappa shape index (κ3) is 16.0. The number of benzene rings is 4. The highest BCUT2D eigenvalue weighted by Crippen LogP contribution is 2.38. The third-order valence-corrected chi connectivity index (χ3v) is 13.5. The van der Waals surface area contributed by atoms with Crippen molar-refractivity contribution in [2.24, 2.45) is 0 Å². The number of nitrogens with zero attached hydrogens (tertiary/aromatic N) is 6. The van der Waals surface area contributed by atoms with Crippen molar-refractivity contribution >= 4 is 56.9 Å². The smallest absolute Gasteiger partial charge is 0.212 e. The third-order valence-electron chi connectivity index (χ3n) is 13.5. The average Bonchev–Trinajstić information content (AvgIpc) is 3.38. The van der Waals surface area contributed by atoms with Gasteiger partial charge >= 0.3 is 0 Å². The highest BCUT2D eigenvalue weighted by Gasteiger charge is 2.24. The van der Waals surface area contributed by atoms with Crippen LogP contribution >= 0.6 is 0 Å². The molecule has 6 heteroatoms. The Morgan fingerprint density at radius 3 is 0.838 bits per heavy atom. The van der Waals surface area contributed by atoms with E-state index in [1.54, 1.807) is 0 Å². The Balaban J connectivity index is 1.60. The van der Waals surface area contributed by atoms with E-state index in [4.69, 9.17) is 0 Å². The molecule has 6 nitrogen and oxygen atoms in total. The molecule has 0 radical (unpaired) electrons. The van der Waals surface area contributed by atoms with Gasteiger partial charge in [-0.2, -0.15) is 4.58 Å². The molecule has 0 spiro atoms. The molecule has 1 aliphatic carbocycles. The van der Waals surface area contributed by atoms with Gasteiger partial charge in [-0.1, -0.05) is 107 Å². The van der Waals surface area contributed by atoms with Crippen LogP contribution in [0.1, 0.15) is 158 Å². The summed E-state index contributed by atoms with van der Waals surface area (Å²) in [5.74, 6) is 0. The molecule has 0 unspecified atom stereocenters. The first kappa shape index (κ1) is 53.8. The Hall–Kier alpha value is -5.10. The second-order valence-corrected chi connectivity index (χ2v) is 19.0. The molecule has 0 saturated heterocycles. The zero-order valence-corrected chi connectivity index (χ0v) is 44.2. The van der Waals surface area contributed by atoms with Crippen LogP contribution in [0.2, 0.25) is 0 Å². The Morgan fingerprint density at radius 2 is 0.544 bits per heavy atom. The van der Waals surface area contributed by atoms with Crippen LogP contribution in [-0.2, 0) is 0 Å². The van der Waals surface area contributed by atoms with Crippen molar-refractivity contribution in [3.8, 4) is 0 Å². The second-order valence-electron chi connectivity index (χ2n) is 19.0. The summed E-state index contributed by atoms with van der Waals surface area (Å²) in [5, 5.41) is 0. The summed E-state index contributed by atoms with van der Waals surface area (Å²) in [6.07, 6.45) is 28.7. The molecule has 0 aromatic heterocycles. The summed E-state index contributed by atoms with van der Waals surface area (Å²) in [6.45, 7) is 27.1. The molecule has 368 valence electrons. The predicted octanol–water partition coefficient (Wildman–Crippen LogP) is 16.8. The van der Waals surface area contributed by atoms with Gasteiger partial charge in [0.2, 0.25) is 17.1 Å². The fraction of sp³-hybridized carbons (Fsp3) is 0.516. The molecule has 0 amide bonds. The highest BCUT2D eigenvalue weighted by atomic mass is 15.2. The first-order valence-electron chi connectivity index (χ1n) is 27.5. The fourth-order valence-electron chi connectivity index (χ4n) is 9.17. The molecule has 5 rings (SSSR count). The minimum absolute atomic E-state index is 1.10. The van der Waals surface area contributed by atoms with Gasteiger partial charge in [-0.25, -0.2) is 4.58 Å². The van der Waals surface area contributed by atoms with Crippen molar-refractivity contribution in [1.82, 2.24) is 4.58 Å². The second kappa shape index (κ2) is 30.4. The molecular formula is C62H92N6+2. The quantitative estimate of drug-likeness (QED) is 0.0359. The van der Waals surface area contributed by atoms with E-state index in [-0.39, 0.29) is 0 Å². The number of hydrogen-bond acceptors (Lipinski definition) is 4. The van der Waals surface area contributed by atoms with Gasteiger partial charge in [-0.05, 0) is 111 Å². The lowest BCUT2D eigenvalue weighted by atomic mass is 10.1. The van der Waals surface area contributed by atoms with E-state index in [9.17, 15) is 0 Å². The van der Waals surface area contributed by atoms with Crippen LogP contribution in [-0.4, -0.2) is 68.4 Å². The van der Waals surface area contributed by atoms with E-state index in [1.807, 2.05) is 0 Å². The van der Waals surface area contributed by atoms with Gasteiger partial charge in [0.1, 0.15) is 13.1 Å². The molecule has 0 N–H and O–H groups in total. The standard InChI is InChI=1S/C62H92N6/c1-9-17-45-63(46-18-10-2)53-25-33-57(34-26-53)67(58-35-27-54(28-36-58)64(47-19-11-3)48-20-12-4)61-41-43-62(44-42-61)68(59-37-29-55(30-38-59)65(49-21-13-5)50-22-14-6)60-39-31-56(32-40-60)66(51-23-15-7)52-24-16-8/h25-44H,9-24,45-52H2,1-8H3/q+2. The highest BCUT2D eigenvalue weighted by molar-refractivity contribution is 6.18. The van der Waals surface area contributed by atoms with Crippen LogP contribution < -0.4 is 24.2 Å². The Bertz CT molecular complexity index is 2010. The predicted molar refractivity (Wildman–Crippen MR) is 303 cm³/mol. The largest absolute Gasteiger partial charge is 0.372 e. The van der Waals surface area contributed by atoms with Crippen molar-refractivity contribution in [3.63, 3.8) is 0 Å². The van der Waals surface area contributed by atoms with Crippen LogP contribution in [0.15, 0.2) is 121 Å². The van der Waals surface area contributed by atoms with E-state index in [2.05, 4.69) is 206 Å². The molecule has 0 atom stereocenters. The lowest BCUT2D eigenvalue weighted by Crippen LogP contribution is -2.25. The lowest BCUT2D eigenvalue weighted by molar-refractivity contribution is -0.527. The van der Waals surface area contributed by atoms with Crippen molar-refractivity contribution in [2.75, 3.05) is 72.0 Å². The molecule has 0 fully saturated rings. The molecule has 0 heterocycles. The Morgan fingerprint density at radius 1 is 0.294 bits per heavy atom. The van der Waals surface area contributed by atoms with Crippen molar-refractivity contribution < 1.29 is 4.58 Å². The van der Waals surface area contributed by atoms with Gasteiger partial charge in [0.25, 0.3) is 0 Å². The molecule has 4 aromatic rings. The fourth-order valence-corrected chi connectivity index (χ4v) is 9.17. The molecule has 68 heavy (non-hydrogen) atoms. The van der Waals surface area contributed by atoms with Crippen LogP contribution in [0, 0.1) is 0 Å². The Labute approximate surface area is 415 Å². The van der Waals surface area contributed by atoms with Crippen LogP contribution in [0.4, 0.5) is 45.5 Å². The molecule has 1 aliphatic rings. The SMILES string of the molecule is CCCCN(CCCC)c1ccc(N(c2ccc(N(CCCC)CCCC)cc2)c2ccc([N+](=C3C=CC(=[N+](CCCC)CCCC)C=C3)c3ccc(N(CCCC)CCCC)cc3)cc2)cc1. The van der Waals surface area contributed by atoms with Gasteiger partial charge in [-0.3, -0.25) is 0 Å². The van der Waals surface area contributed by atoms with E-state index in [1.165, 1.54) is 148 Å². The summed E-state index contributed by atoms with van der Waals surface area (Å²) >= 11 is 0. The lowest BCUT2D eigenvalue weighted by Gasteiger charge is -2.29. The van der Waals surface area contributed by atoms with Crippen LogP contribution in [0.5, 0.6) is 0 Å².